The summed E-state index contributed by atoms with van der Waals surface area (Å²) < 4.78 is 11.4. The van der Waals surface area contributed by atoms with Crippen molar-refractivity contribution in [1.82, 2.24) is 4.90 Å². The Morgan fingerprint density at radius 1 is 1.07 bits per heavy atom. The minimum atomic E-state index is -0.482. The van der Waals surface area contributed by atoms with Crippen LogP contribution in [-0.2, 0) is 4.74 Å². The molecule has 1 aliphatic heterocycles. The van der Waals surface area contributed by atoms with Gasteiger partial charge in [0, 0.05) is 6.54 Å². The van der Waals surface area contributed by atoms with Gasteiger partial charge in [-0.1, -0.05) is 48.5 Å². The summed E-state index contributed by atoms with van der Waals surface area (Å²) >= 11 is 0. The SMILES string of the molecule is CC(C)(C)OC(=O)N1CCCCC1c1ccc(OCC=Cc2ccccc2)cc1. The van der Waals surface area contributed by atoms with Crippen LogP contribution in [0.15, 0.2) is 60.7 Å². The van der Waals surface area contributed by atoms with Crippen LogP contribution in [-0.4, -0.2) is 29.7 Å². The van der Waals surface area contributed by atoms with Crippen LogP contribution in [0.25, 0.3) is 6.08 Å². The fourth-order valence-electron chi connectivity index (χ4n) is 3.50. The molecule has 0 radical (unpaired) electrons. The molecule has 0 N–H and O–H groups in total. The number of rotatable bonds is 5. The first-order chi connectivity index (χ1) is 13.9. The van der Waals surface area contributed by atoms with E-state index < -0.39 is 5.60 Å². The smallest absolute Gasteiger partial charge is 0.410 e. The third-order valence-corrected chi connectivity index (χ3v) is 4.85. The van der Waals surface area contributed by atoms with Crippen molar-refractivity contribution in [3.8, 4) is 5.75 Å². The Bertz CT molecular complexity index is 806. The second-order valence-electron chi connectivity index (χ2n) is 8.38. The van der Waals surface area contributed by atoms with E-state index in [0.717, 1.165) is 42.7 Å². The van der Waals surface area contributed by atoms with Crippen LogP contribution < -0.4 is 4.74 Å². The lowest BCUT2D eigenvalue weighted by Crippen LogP contribution is -2.41. The van der Waals surface area contributed by atoms with Crippen molar-refractivity contribution in [3.63, 3.8) is 0 Å². The lowest BCUT2D eigenvalue weighted by atomic mass is 9.95. The van der Waals surface area contributed by atoms with E-state index in [4.69, 9.17) is 9.47 Å². The van der Waals surface area contributed by atoms with E-state index >= 15 is 0 Å². The maximum atomic E-state index is 12.6. The molecule has 1 unspecified atom stereocenters. The molecule has 4 nitrogen and oxygen atoms in total. The van der Waals surface area contributed by atoms with Gasteiger partial charge in [0.1, 0.15) is 18.0 Å². The first-order valence-corrected chi connectivity index (χ1v) is 10.4. The molecule has 0 spiro atoms. The van der Waals surface area contributed by atoms with E-state index in [0.29, 0.717) is 6.61 Å². The molecule has 0 aliphatic carbocycles. The maximum Gasteiger partial charge on any atom is 0.410 e. The number of ether oxygens (including phenoxy) is 2. The zero-order valence-electron chi connectivity index (χ0n) is 17.6. The van der Waals surface area contributed by atoms with Gasteiger partial charge in [-0.25, -0.2) is 4.79 Å². The molecule has 1 fully saturated rings. The van der Waals surface area contributed by atoms with Crippen molar-refractivity contribution in [2.75, 3.05) is 13.2 Å². The Hall–Kier alpha value is -2.75. The minimum absolute atomic E-state index is 0.0608. The van der Waals surface area contributed by atoms with Gasteiger partial charge in [0.25, 0.3) is 0 Å². The molecule has 1 atom stereocenters. The van der Waals surface area contributed by atoms with E-state index in [2.05, 4.69) is 30.3 Å². The molecular formula is C25H31NO3. The first kappa shape index (κ1) is 21.0. The fourth-order valence-corrected chi connectivity index (χ4v) is 3.50. The lowest BCUT2D eigenvalue weighted by Gasteiger charge is -2.37. The summed E-state index contributed by atoms with van der Waals surface area (Å²) in [7, 11) is 0. The van der Waals surface area contributed by atoms with Gasteiger partial charge in [-0.3, -0.25) is 0 Å². The van der Waals surface area contributed by atoms with Crippen LogP contribution >= 0.6 is 0 Å². The van der Waals surface area contributed by atoms with Crippen molar-refractivity contribution < 1.29 is 14.3 Å². The summed E-state index contributed by atoms with van der Waals surface area (Å²) in [4.78, 5) is 14.5. The highest BCUT2D eigenvalue weighted by atomic mass is 16.6. The lowest BCUT2D eigenvalue weighted by molar-refractivity contribution is 0.00951. The van der Waals surface area contributed by atoms with Crippen LogP contribution in [0.3, 0.4) is 0 Å². The number of carbonyl (C=O) groups is 1. The molecule has 29 heavy (non-hydrogen) atoms. The summed E-state index contributed by atoms with van der Waals surface area (Å²) in [5.74, 6) is 0.825. The number of amides is 1. The van der Waals surface area contributed by atoms with Crippen molar-refractivity contribution in [3.05, 3.63) is 71.8 Å². The van der Waals surface area contributed by atoms with Gasteiger partial charge >= 0.3 is 6.09 Å². The van der Waals surface area contributed by atoms with Crippen molar-refractivity contribution >= 4 is 12.2 Å². The molecule has 0 bridgehead atoms. The van der Waals surface area contributed by atoms with Crippen molar-refractivity contribution in [2.45, 2.75) is 51.7 Å². The molecule has 1 heterocycles. The van der Waals surface area contributed by atoms with Gasteiger partial charge in [0.05, 0.1) is 6.04 Å². The Morgan fingerprint density at radius 3 is 2.48 bits per heavy atom. The first-order valence-electron chi connectivity index (χ1n) is 10.4. The molecule has 1 amide bonds. The number of hydrogen-bond acceptors (Lipinski definition) is 3. The maximum absolute atomic E-state index is 12.6. The zero-order valence-corrected chi connectivity index (χ0v) is 17.6. The standard InChI is InChI=1S/C25H31NO3/c1-25(2,3)29-24(27)26-18-8-7-13-23(26)21-14-16-22(17-15-21)28-19-9-12-20-10-5-4-6-11-20/h4-6,9-12,14-17,23H,7-8,13,18-19H2,1-3H3. The van der Waals surface area contributed by atoms with E-state index in [1.165, 1.54) is 0 Å². The summed E-state index contributed by atoms with van der Waals surface area (Å²) in [6, 6.07) is 18.3. The van der Waals surface area contributed by atoms with Gasteiger partial charge < -0.3 is 14.4 Å². The summed E-state index contributed by atoms with van der Waals surface area (Å²) in [6.07, 6.45) is 6.92. The molecule has 0 aromatic heterocycles. The number of hydrogen-bond donors (Lipinski definition) is 0. The molecule has 2 aromatic carbocycles. The molecule has 2 aromatic rings. The molecule has 0 saturated carbocycles. The van der Waals surface area contributed by atoms with E-state index in [9.17, 15) is 4.79 Å². The van der Waals surface area contributed by atoms with Crippen molar-refractivity contribution in [1.29, 1.82) is 0 Å². The van der Waals surface area contributed by atoms with Gasteiger partial charge in [0.2, 0.25) is 0 Å². The van der Waals surface area contributed by atoms with Gasteiger partial charge in [-0.15, -0.1) is 0 Å². The number of benzene rings is 2. The van der Waals surface area contributed by atoms with E-state index in [1.54, 1.807) is 0 Å². The van der Waals surface area contributed by atoms with Crippen LogP contribution in [0.1, 0.15) is 57.2 Å². The predicted molar refractivity (Wildman–Crippen MR) is 117 cm³/mol. The quantitative estimate of drug-likeness (QED) is 0.603. The second kappa shape index (κ2) is 9.64. The summed E-state index contributed by atoms with van der Waals surface area (Å²) in [6.45, 7) is 6.97. The molecule has 1 aliphatic rings. The topological polar surface area (TPSA) is 38.8 Å². The molecule has 1 saturated heterocycles. The van der Waals surface area contributed by atoms with Crippen LogP contribution in [0.2, 0.25) is 0 Å². The predicted octanol–water partition coefficient (Wildman–Crippen LogP) is 6.24. The van der Waals surface area contributed by atoms with Crippen LogP contribution in [0.5, 0.6) is 5.75 Å². The summed E-state index contributed by atoms with van der Waals surface area (Å²) in [5, 5.41) is 0. The molecule has 4 heteroatoms. The zero-order chi connectivity index (χ0) is 20.7. The third-order valence-electron chi connectivity index (χ3n) is 4.85. The number of piperidine rings is 1. The highest BCUT2D eigenvalue weighted by molar-refractivity contribution is 5.69. The van der Waals surface area contributed by atoms with Gasteiger partial charge in [0.15, 0.2) is 0 Å². The van der Waals surface area contributed by atoms with E-state index in [-0.39, 0.29) is 12.1 Å². The number of carbonyl (C=O) groups excluding carboxylic acids is 1. The Balaban J connectivity index is 1.59. The molecule has 3 rings (SSSR count). The molecule has 154 valence electrons. The monoisotopic (exact) mass is 393 g/mol. The summed E-state index contributed by atoms with van der Waals surface area (Å²) in [5.41, 5.74) is 1.80. The number of nitrogens with zero attached hydrogens (tertiary/aromatic N) is 1. The Morgan fingerprint density at radius 2 is 1.79 bits per heavy atom. The largest absolute Gasteiger partial charge is 0.490 e. The highest BCUT2D eigenvalue weighted by Gasteiger charge is 2.31. The van der Waals surface area contributed by atoms with Crippen molar-refractivity contribution in [2.24, 2.45) is 0 Å². The van der Waals surface area contributed by atoms with Gasteiger partial charge in [-0.05, 0) is 69.4 Å². The van der Waals surface area contributed by atoms with E-state index in [1.807, 2.05) is 62.1 Å². The number of likely N-dealkylation sites (tertiary alicyclic amines) is 1. The fraction of sp³-hybridized carbons (Fsp3) is 0.400. The normalized spacial score (nSPS) is 17.3. The highest BCUT2D eigenvalue weighted by Crippen LogP contribution is 2.33. The molecular weight excluding hydrogens is 362 g/mol. The average Bonchev–Trinajstić information content (AvgIpc) is 2.71. The Kier molecular flexibility index (Phi) is 6.97. The second-order valence-corrected chi connectivity index (χ2v) is 8.38. The van der Waals surface area contributed by atoms with Crippen LogP contribution in [0, 0.1) is 0 Å². The average molecular weight is 394 g/mol. The van der Waals surface area contributed by atoms with Crippen LogP contribution in [0.4, 0.5) is 4.79 Å². The minimum Gasteiger partial charge on any atom is -0.490 e. The third kappa shape index (κ3) is 6.38. The van der Waals surface area contributed by atoms with Gasteiger partial charge in [-0.2, -0.15) is 0 Å². The Labute approximate surface area is 174 Å².